The van der Waals surface area contributed by atoms with E-state index in [-0.39, 0.29) is 23.5 Å². The molecule has 5 N–H and O–H groups in total. The number of carbonyl (C=O) groups is 1. The van der Waals surface area contributed by atoms with Gasteiger partial charge in [0.15, 0.2) is 11.0 Å². The Kier molecular flexibility index (Phi) is 10.8. The SMILES string of the molecule is CCCCN1c2ncccc2C(c2cccc(OCCCO)c2)=C(NC(=O)Nc2c(C(C)C)cc(N)cc2C(C)C)S1=O. The van der Waals surface area contributed by atoms with Gasteiger partial charge in [-0.3, -0.25) is 9.62 Å². The number of unbranched alkanes of at least 4 members (excludes halogenated alkanes) is 1. The maximum Gasteiger partial charge on any atom is 0.324 e. The van der Waals surface area contributed by atoms with Gasteiger partial charge in [-0.05, 0) is 71.3 Å². The monoisotopic (exact) mass is 605 g/mol. The number of nitrogens with one attached hydrogen (secondary N) is 2. The Balaban J connectivity index is 1.82. The number of nitrogen functional groups attached to an aromatic ring is 1. The predicted molar refractivity (Wildman–Crippen MR) is 175 cm³/mol. The smallest absolute Gasteiger partial charge is 0.324 e. The lowest BCUT2D eigenvalue weighted by Crippen LogP contribution is -2.40. The van der Waals surface area contributed by atoms with Crippen molar-refractivity contribution >= 4 is 39.8 Å². The number of nitrogens with zero attached hydrogens (tertiary/aromatic N) is 2. The molecule has 0 fully saturated rings. The molecule has 0 saturated heterocycles. The zero-order valence-corrected chi connectivity index (χ0v) is 26.5. The standard InChI is InChI=1S/C33H43N5O4S/c1-6-7-15-38-31-26(13-9-14-35-31)29(23-11-8-12-25(18-23)42-17-10-16-39)32(43(38)41)37-33(40)36-30-27(21(2)3)19-24(34)20-28(30)22(4)5/h8-9,11-14,18-22,39H,6-7,10,15-17,34H2,1-5H3,(H2,36,37,40). The summed E-state index contributed by atoms with van der Waals surface area (Å²) in [5, 5.41) is 15.5. The average molecular weight is 606 g/mol. The highest BCUT2D eigenvalue weighted by Crippen LogP contribution is 2.40. The molecule has 2 heterocycles. The Morgan fingerprint density at radius 1 is 1.05 bits per heavy atom. The fourth-order valence-electron chi connectivity index (χ4n) is 5.08. The number of ether oxygens (including phenoxy) is 1. The molecule has 0 bridgehead atoms. The molecule has 2 amide bonds. The van der Waals surface area contributed by atoms with Crippen LogP contribution in [-0.2, 0) is 11.0 Å². The van der Waals surface area contributed by atoms with E-state index in [1.54, 1.807) is 10.5 Å². The number of amides is 2. The predicted octanol–water partition coefficient (Wildman–Crippen LogP) is 6.49. The highest BCUT2D eigenvalue weighted by Gasteiger charge is 2.34. The molecule has 0 saturated carbocycles. The van der Waals surface area contributed by atoms with Crippen LogP contribution in [0.5, 0.6) is 5.75 Å². The zero-order chi connectivity index (χ0) is 31.1. The van der Waals surface area contributed by atoms with Crippen molar-refractivity contribution in [2.24, 2.45) is 0 Å². The molecule has 0 radical (unpaired) electrons. The molecule has 0 spiro atoms. The lowest BCUT2D eigenvalue weighted by molar-refractivity contribution is 0.233. The molecule has 3 aromatic rings. The first-order chi connectivity index (χ1) is 20.7. The van der Waals surface area contributed by atoms with Crippen LogP contribution in [0, 0.1) is 0 Å². The number of pyridine rings is 1. The molecule has 1 aromatic heterocycles. The van der Waals surface area contributed by atoms with Gasteiger partial charge in [0, 0.05) is 48.3 Å². The summed E-state index contributed by atoms with van der Waals surface area (Å²) in [4.78, 5) is 18.4. The van der Waals surface area contributed by atoms with E-state index in [4.69, 9.17) is 10.5 Å². The van der Waals surface area contributed by atoms with Gasteiger partial charge in [0.05, 0.1) is 6.61 Å². The minimum Gasteiger partial charge on any atom is -0.493 e. The highest BCUT2D eigenvalue weighted by molar-refractivity contribution is 7.90. The lowest BCUT2D eigenvalue weighted by Gasteiger charge is -2.32. The molecule has 1 aliphatic heterocycles. The molecule has 230 valence electrons. The first kappa shape index (κ1) is 32.0. The van der Waals surface area contributed by atoms with E-state index in [0.717, 1.165) is 35.1 Å². The van der Waals surface area contributed by atoms with Gasteiger partial charge >= 0.3 is 6.03 Å². The minimum atomic E-state index is -1.75. The largest absolute Gasteiger partial charge is 0.493 e. The van der Waals surface area contributed by atoms with Gasteiger partial charge in [-0.1, -0.05) is 53.2 Å². The third kappa shape index (κ3) is 7.37. The number of nitrogens with two attached hydrogens (primary N) is 1. The molecular weight excluding hydrogens is 562 g/mol. The molecule has 2 aromatic carbocycles. The van der Waals surface area contributed by atoms with Crippen molar-refractivity contribution in [3.8, 4) is 5.75 Å². The quantitative estimate of drug-likeness (QED) is 0.138. The van der Waals surface area contributed by atoms with E-state index < -0.39 is 17.0 Å². The second-order valence-electron chi connectivity index (χ2n) is 11.2. The molecule has 9 nitrogen and oxygen atoms in total. The number of rotatable bonds is 12. The van der Waals surface area contributed by atoms with E-state index in [2.05, 4.69) is 50.2 Å². The highest BCUT2D eigenvalue weighted by atomic mass is 32.2. The zero-order valence-electron chi connectivity index (χ0n) is 25.6. The van der Waals surface area contributed by atoms with Gasteiger partial charge in [-0.2, -0.15) is 0 Å². The molecule has 10 heteroatoms. The summed E-state index contributed by atoms with van der Waals surface area (Å²) >= 11 is 0. The maximum atomic E-state index is 14.3. The molecule has 4 rings (SSSR count). The molecule has 43 heavy (non-hydrogen) atoms. The van der Waals surface area contributed by atoms with Crippen LogP contribution in [0.25, 0.3) is 5.57 Å². The Bertz CT molecular complexity index is 1480. The summed E-state index contributed by atoms with van der Waals surface area (Å²) in [6.07, 6.45) is 3.92. The van der Waals surface area contributed by atoms with Gasteiger partial charge in [0.1, 0.15) is 16.6 Å². The van der Waals surface area contributed by atoms with Crippen molar-refractivity contribution in [3.05, 3.63) is 82.0 Å². The maximum absolute atomic E-state index is 14.3. The van der Waals surface area contributed by atoms with Gasteiger partial charge < -0.3 is 20.9 Å². The Hall–Kier alpha value is -3.89. The third-order valence-electron chi connectivity index (χ3n) is 7.23. The van der Waals surface area contributed by atoms with Gasteiger partial charge in [-0.25, -0.2) is 14.0 Å². The number of hydrogen-bond acceptors (Lipinski definition) is 6. The summed E-state index contributed by atoms with van der Waals surface area (Å²) in [5.74, 6) is 1.44. The summed E-state index contributed by atoms with van der Waals surface area (Å²) < 4.78 is 21.9. The third-order valence-corrected chi connectivity index (χ3v) is 8.65. The molecule has 1 aliphatic rings. The van der Waals surface area contributed by atoms with Gasteiger partial charge in [0.2, 0.25) is 0 Å². The van der Waals surface area contributed by atoms with Crippen LogP contribution in [0.2, 0.25) is 0 Å². The molecular formula is C33H43N5O4S. The van der Waals surface area contributed by atoms with E-state index in [9.17, 15) is 14.1 Å². The molecule has 1 atom stereocenters. The summed E-state index contributed by atoms with van der Waals surface area (Å²) in [6, 6.07) is 14.5. The number of carbonyl (C=O) groups excluding carboxylic acids is 1. The van der Waals surface area contributed by atoms with Crippen molar-refractivity contribution in [1.29, 1.82) is 0 Å². The van der Waals surface area contributed by atoms with Crippen LogP contribution in [0.3, 0.4) is 0 Å². The molecule has 1 unspecified atom stereocenters. The normalized spacial score (nSPS) is 14.7. The van der Waals surface area contributed by atoms with E-state index in [1.165, 1.54) is 0 Å². The van der Waals surface area contributed by atoms with Crippen molar-refractivity contribution in [1.82, 2.24) is 10.3 Å². The topological polar surface area (TPSA) is 130 Å². The first-order valence-electron chi connectivity index (χ1n) is 14.9. The van der Waals surface area contributed by atoms with Crippen LogP contribution < -0.4 is 25.4 Å². The number of anilines is 3. The van der Waals surface area contributed by atoms with E-state index in [1.807, 2.05) is 48.5 Å². The van der Waals surface area contributed by atoms with Gasteiger partial charge in [0.25, 0.3) is 0 Å². The van der Waals surface area contributed by atoms with Crippen LogP contribution in [0.4, 0.5) is 22.0 Å². The van der Waals surface area contributed by atoms with Crippen molar-refractivity contribution < 1.29 is 18.8 Å². The summed E-state index contributed by atoms with van der Waals surface area (Å²) in [5.41, 5.74) is 11.6. The van der Waals surface area contributed by atoms with Crippen molar-refractivity contribution in [2.45, 2.75) is 65.7 Å². The number of aliphatic hydroxyl groups is 1. The van der Waals surface area contributed by atoms with Crippen molar-refractivity contribution in [3.63, 3.8) is 0 Å². The lowest BCUT2D eigenvalue weighted by atomic mass is 9.92. The van der Waals surface area contributed by atoms with E-state index in [0.29, 0.717) is 48.1 Å². The minimum absolute atomic E-state index is 0.0324. The Labute approximate surface area is 257 Å². The first-order valence-corrected chi connectivity index (χ1v) is 16.0. The number of fused-ring (bicyclic) bond motifs is 1. The van der Waals surface area contributed by atoms with Crippen LogP contribution in [0.1, 0.15) is 88.0 Å². The van der Waals surface area contributed by atoms with E-state index >= 15 is 0 Å². The van der Waals surface area contributed by atoms with Crippen LogP contribution >= 0.6 is 0 Å². The number of aromatic nitrogens is 1. The summed E-state index contributed by atoms with van der Waals surface area (Å²) in [7, 11) is -1.75. The number of benzene rings is 2. The number of aliphatic hydroxyl groups excluding tert-OH is 1. The summed E-state index contributed by atoms with van der Waals surface area (Å²) in [6.45, 7) is 11.2. The Morgan fingerprint density at radius 2 is 1.77 bits per heavy atom. The second-order valence-corrected chi connectivity index (χ2v) is 12.5. The average Bonchev–Trinajstić information content (AvgIpc) is 2.98. The molecule has 0 aliphatic carbocycles. The fourth-order valence-corrected chi connectivity index (χ4v) is 6.48. The van der Waals surface area contributed by atoms with Crippen LogP contribution in [-0.4, -0.2) is 40.1 Å². The fraction of sp³-hybridized carbons (Fsp3) is 0.394. The van der Waals surface area contributed by atoms with Gasteiger partial charge in [-0.15, -0.1) is 0 Å². The Morgan fingerprint density at radius 3 is 2.42 bits per heavy atom. The van der Waals surface area contributed by atoms with Crippen molar-refractivity contribution in [2.75, 3.05) is 35.1 Å². The van der Waals surface area contributed by atoms with Crippen LogP contribution in [0.15, 0.2) is 59.8 Å². The number of hydrogen-bond donors (Lipinski definition) is 4. The second kappa shape index (κ2) is 14.5. The number of urea groups is 1.